The summed E-state index contributed by atoms with van der Waals surface area (Å²) in [5, 5.41) is 3.91. The molecule has 88 valence electrons. The van der Waals surface area contributed by atoms with E-state index in [2.05, 4.69) is 21.2 Å². The highest BCUT2D eigenvalue weighted by Crippen LogP contribution is 2.12. The van der Waals surface area contributed by atoms with Crippen LogP contribution in [0.2, 0.25) is 0 Å². The summed E-state index contributed by atoms with van der Waals surface area (Å²) in [5.41, 5.74) is 1.70. The summed E-state index contributed by atoms with van der Waals surface area (Å²) in [6, 6.07) is 7.61. The molecule has 0 heterocycles. The van der Waals surface area contributed by atoms with Gasteiger partial charge in [0, 0.05) is 16.4 Å². The van der Waals surface area contributed by atoms with Gasteiger partial charge in [0.2, 0.25) is 0 Å². The van der Waals surface area contributed by atoms with Crippen LogP contribution in [-0.2, 0) is 0 Å². The fraction of sp³-hybridized carbons (Fsp3) is 0.462. The molecule has 0 aromatic heterocycles. The highest BCUT2D eigenvalue weighted by Gasteiger charge is 2.19. The van der Waals surface area contributed by atoms with Gasteiger partial charge < -0.3 is 5.32 Å². The number of benzene rings is 1. The van der Waals surface area contributed by atoms with Crippen LogP contribution in [0.5, 0.6) is 0 Å². The van der Waals surface area contributed by atoms with Gasteiger partial charge in [0.25, 0.3) is 5.91 Å². The summed E-state index contributed by atoms with van der Waals surface area (Å²) in [6.07, 6.45) is 0.907. The Morgan fingerprint density at radius 1 is 1.31 bits per heavy atom. The van der Waals surface area contributed by atoms with Gasteiger partial charge in [0.15, 0.2) is 0 Å². The van der Waals surface area contributed by atoms with Crippen LogP contribution in [0.15, 0.2) is 24.3 Å². The van der Waals surface area contributed by atoms with Crippen molar-refractivity contribution in [3.8, 4) is 0 Å². The molecule has 1 aromatic carbocycles. The molecule has 0 saturated carbocycles. The Kier molecular flexibility index (Phi) is 4.54. The standard InChI is InChI=1S/C13H18BrNO/c1-10-4-6-11(7-5-10)12(16)15-13(2,3)8-9-14/h4-7H,8-9H2,1-3H3,(H,15,16). The van der Waals surface area contributed by atoms with Crippen molar-refractivity contribution in [3.63, 3.8) is 0 Å². The Balaban J connectivity index is 2.69. The largest absolute Gasteiger partial charge is 0.347 e. The first-order chi connectivity index (χ1) is 7.44. The monoisotopic (exact) mass is 283 g/mol. The van der Waals surface area contributed by atoms with Gasteiger partial charge in [0.1, 0.15) is 0 Å². The Morgan fingerprint density at radius 3 is 2.38 bits per heavy atom. The molecule has 0 spiro atoms. The van der Waals surface area contributed by atoms with Gasteiger partial charge >= 0.3 is 0 Å². The van der Waals surface area contributed by atoms with E-state index in [0.29, 0.717) is 5.56 Å². The molecule has 3 heteroatoms. The summed E-state index contributed by atoms with van der Waals surface area (Å²) >= 11 is 3.39. The number of halogens is 1. The molecule has 1 rings (SSSR count). The van der Waals surface area contributed by atoms with Crippen molar-refractivity contribution < 1.29 is 4.79 Å². The molecule has 0 aliphatic heterocycles. The van der Waals surface area contributed by atoms with E-state index in [1.54, 1.807) is 0 Å². The lowest BCUT2D eigenvalue weighted by Gasteiger charge is -2.25. The molecule has 1 amide bonds. The average Bonchev–Trinajstić information content (AvgIpc) is 2.17. The second-order valence-corrected chi connectivity index (χ2v) is 5.44. The first-order valence-electron chi connectivity index (χ1n) is 5.40. The lowest BCUT2D eigenvalue weighted by atomic mass is 10.0. The van der Waals surface area contributed by atoms with Crippen LogP contribution < -0.4 is 5.32 Å². The molecule has 1 N–H and O–H groups in total. The van der Waals surface area contributed by atoms with E-state index in [4.69, 9.17) is 0 Å². The Labute approximate surface area is 106 Å². The number of rotatable bonds is 4. The van der Waals surface area contributed by atoms with Crippen molar-refractivity contribution in [2.45, 2.75) is 32.7 Å². The van der Waals surface area contributed by atoms with Crippen molar-refractivity contribution in [3.05, 3.63) is 35.4 Å². The van der Waals surface area contributed by atoms with Crippen LogP contribution in [-0.4, -0.2) is 16.8 Å². The van der Waals surface area contributed by atoms with Crippen molar-refractivity contribution in [2.75, 3.05) is 5.33 Å². The van der Waals surface area contributed by atoms with Gasteiger partial charge in [-0.1, -0.05) is 33.6 Å². The van der Waals surface area contributed by atoms with Crippen molar-refractivity contribution in [2.24, 2.45) is 0 Å². The number of amides is 1. The second-order valence-electron chi connectivity index (χ2n) is 4.64. The highest BCUT2D eigenvalue weighted by molar-refractivity contribution is 9.09. The summed E-state index contributed by atoms with van der Waals surface area (Å²) < 4.78 is 0. The molecule has 0 unspecified atom stereocenters. The van der Waals surface area contributed by atoms with Gasteiger partial charge in [-0.05, 0) is 39.3 Å². The Bertz CT molecular complexity index is 357. The van der Waals surface area contributed by atoms with Crippen molar-refractivity contribution in [1.29, 1.82) is 0 Å². The van der Waals surface area contributed by atoms with E-state index in [9.17, 15) is 4.79 Å². The van der Waals surface area contributed by atoms with Crippen LogP contribution >= 0.6 is 15.9 Å². The average molecular weight is 284 g/mol. The van der Waals surface area contributed by atoms with Gasteiger partial charge in [-0.3, -0.25) is 4.79 Å². The van der Waals surface area contributed by atoms with Gasteiger partial charge in [-0.15, -0.1) is 0 Å². The predicted octanol–water partition coefficient (Wildman–Crippen LogP) is 3.29. The second kappa shape index (κ2) is 5.48. The van der Waals surface area contributed by atoms with Crippen LogP contribution in [0.3, 0.4) is 0 Å². The fourth-order valence-electron chi connectivity index (χ4n) is 1.38. The third kappa shape index (κ3) is 3.97. The number of aryl methyl sites for hydroxylation is 1. The number of hydrogen-bond donors (Lipinski definition) is 1. The molecule has 0 radical (unpaired) electrons. The normalized spacial score (nSPS) is 11.2. The molecule has 0 saturated heterocycles. The molecular formula is C13H18BrNO. The summed E-state index contributed by atoms with van der Waals surface area (Å²) in [6.45, 7) is 6.07. The zero-order valence-corrected chi connectivity index (χ0v) is 11.6. The molecule has 0 bridgehead atoms. The minimum atomic E-state index is -0.175. The third-order valence-electron chi connectivity index (χ3n) is 2.49. The third-order valence-corrected chi connectivity index (χ3v) is 2.88. The highest BCUT2D eigenvalue weighted by atomic mass is 79.9. The van der Waals surface area contributed by atoms with E-state index in [1.807, 2.05) is 45.0 Å². The van der Waals surface area contributed by atoms with E-state index >= 15 is 0 Å². The van der Waals surface area contributed by atoms with Crippen LogP contribution in [0.1, 0.15) is 36.2 Å². The Morgan fingerprint density at radius 2 is 1.88 bits per heavy atom. The van der Waals surface area contributed by atoms with E-state index < -0.39 is 0 Å². The molecule has 0 aliphatic carbocycles. The topological polar surface area (TPSA) is 29.1 Å². The zero-order chi connectivity index (χ0) is 12.2. The summed E-state index contributed by atoms with van der Waals surface area (Å²) in [5.74, 6) is -0.00838. The summed E-state index contributed by atoms with van der Waals surface area (Å²) in [4.78, 5) is 11.9. The van der Waals surface area contributed by atoms with Crippen molar-refractivity contribution >= 4 is 21.8 Å². The number of nitrogens with one attached hydrogen (secondary N) is 1. The predicted molar refractivity (Wildman–Crippen MR) is 71.1 cm³/mol. The first kappa shape index (κ1) is 13.2. The molecule has 0 aliphatic rings. The number of carbonyl (C=O) groups excluding carboxylic acids is 1. The molecule has 0 atom stereocenters. The molecule has 0 fully saturated rings. The minimum absolute atomic E-state index is 0.00838. The molecular weight excluding hydrogens is 266 g/mol. The van der Waals surface area contributed by atoms with Crippen LogP contribution in [0.4, 0.5) is 0 Å². The fourth-order valence-corrected chi connectivity index (χ4v) is 2.37. The minimum Gasteiger partial charge on any atom is -0.347 e. The first-order valence-corrected chi connectivity index (χ1v) is 6.52. The van der Waals surface area contributed by atoms with Gasteiger partial charge in [-0.25, -0.2) is 0 Å². The summed E-state index contributed by atoms with van der Waals surface area (Å²) in [7, 11) is 0. The van der Waals surface area contributed by atoms with Crippen LogP contribution in [0, 0.1) is 6.92 Å². The lowest BCUT2D eigenvalue weighted by molar-refractivity contribution is 0.0912. The van der Waals surface area contributed by atoms with Crippen LogP contribution in [0.25, 0.3) is 0 Å². The van der Waals surface area contributed by atoms with Gasteiger partial charge in [0.05, 0.1) is 0 Å². The Hall–Kier alpha value is -0.830. The number of carbonyl (C=O) groups is 1. The zero-order valence-electron chi connectivity index (χ0n) is 10.0. The van der Waals surface area contributed by atoms with Gasteiger partial charge in [-0.2, -0.15) is 0 Å². The van der Waals surface area contributed by atoms with E-state index in [-0.39, 0.29) is 11.4 Å². The smallest absolute Gasteiger partial charge is 0.251 e. The number of alkyl halides is 1. The van der Waals surface area contributed by atoms with Crippen molar-refractivity contribution in [1.82, 2.24) is 5.32 Å². The van der Waals surface area contributed by atoms with E-state index in [1.165, 1.54) is 0 Å². The quantitative estimate of drug-likeness (QED) is 0.845. The maximum absolute atomic E-state index is 11.9. The number of hydrogen-bond acceptors (Lipinski definition) is 1. The SMILES string of the molecule is Cc1ccc(C(=O)NC(C)(C)CCBr)cc1. The molecule has 1 aromatic rings. The molecule has 2 nitrogen and oxygen atoms in total. The maximum Gasteiger partial charge on any atom is 0.251 e. The molecule has 16 heavy (non-hydrogen) atoms. The van der Waals surface area contributed by atoms with E-state index in [0.717, 1.165) is 17.3 Å². The lowest BCUT2D eigenvalue weighted by Crippen LogP contribution is -2.43. The maximum atomic E-state index is 11.9.